The van der Waals surface area contributed by atoms with Crippen molar-refractivity contribution in [3.8, 4) is 11.5 Å². The minimum atomic E-state index is -0.743. The van der Waals surface area contributed by atoms with Crippen molar-refractivity contribution in [2.75, 3.05) is 14.2 Å². The third kappa shape index (κ3) is 4.85. The fraction of sp³-hybridized carbons (Fsp3) is 0.267. The number of hydrogen-bond acceptors (Lipinski definition) is 5. The van der Waals surface area contributed by atoms with E-state index in [-0.39, 0.29) is 23.3 Å². The van der Waals surface area contributed by atoms with E-state index in [0.29, 0.717) is 17.1 Å². The highest BCUT2D eigenvalue weighted by molar-refractivity contribution is 6.46. The molecule has 0 radical (unpaired) electrons. The van der Waals surface area contributed by atoms with E-state index in [4.69, 9.17) is 9.47 Å². The van der Waals surface area contributed by atoms with Gasteiger partial charge in [0.15, 0.2) is 0 Å². The Balaban J connectivity index is 1.84. The Bertz CT molecular complexity index is 1300. The molecule has 1 saturated heterocycles. The van der Waals surface area contributed by atoms with Crippen LogP contribution in [0.4, 0.5) is 0 Å². The van der Waals surface area contributed by atoms with Gasteiger partial charge in [-0.2, -0.15) is 0 Å². The van der Waals surface area contributed by atoms with E-state index in [0.717, 1.165) is 16.7 Å². The summed E-state index contributed by atoms with van der Waals surface area (Å²) in [7, 11) is 3.12. The zero-order valence-corrected chi connectivity index (χ0v) is 21.2. The molecule has 0 aliphatic carbocycles. The number of methoxy groups -OCH3 is 2. The van der Waals surface area contributed by atoms with Gasteiger partial charge in [-0.1, -0.05) is 69.3 Å². The van der Waals surface area contributed by atoms with Crippen molar-refractivity contribution in [1.29, 1.82) is 0 Å². The van der Waals surface area contributed by atoms with Crippen molar-refractivity contribution in [3.63, 3.8) is 0 Å². The van der Waals surface area contributed by atoms with Crippen LogP contribution in [0.15, 0.2) is 78.4 Å². The first-order chi connectivity index (χ1) is 17.1. The molecule has 1 atom stereocenters. The average molecular weight is 486 g/mol. The maximum Gasteiger partial charge on any atom is 0.295 e. The molecule has 1 N–H and O–H groups in total. The van der Waals surface area contributed by atoms with E-state index in [1.54, 1.807) is 31.4 Å². The number of ether oxygens (including phenoxy) is 2. The lowest BCUT2D eigenvalue weighted by Crippen LogP contribution is -2.29. The molecule has 0 saturated carbocycles. The molecule has 1 aliphatic rings. The molecule has 1 heterocycles. The SMILES string of the molecule is COc1ccc(CN2C(=O)C(=O)/C(=C(\O)c3cccc(OC)c3)C2c2ccc(C(C)(C)C)cc2)cc1. The number of amides is 1. The molecule has 0 bridgehead atoms. The van der Waals surface area contributed by atoms with Crippen molar-refractivity contribution in [2.45, 2.75) is 38.8 Å². The van der Waals surface area contributed by atoms with Gasteiger partial charge in [0.2, 0.25) is 0 Å². The zero-order chi connectivity index (χ0) is 26.0. The molecule has 3 aromatic carbocycles. The van der Waals surface area contributed by atoms with E-state index in [9.17, 15) is 14.7 Å². The molecule has 1 amide bonds. The largest absolute Gasteiger partial charge is 0.507 e. The van der Waals surface area contributed by atoms with Crippen LogP contribution < -0.4 is 9.47 Å². The third-order valence-corrected chi connectivity index (χ3v) is 6.49. The summed E-state index contributed by atoms with van der Waals surface area (Å²) in [6, 6.07) is 21.3. The van der Waals surface area contributed by atoms with E-state index < -0.39 is 17.7 Å². The van der Waals surface area contributed by atoms with Crippen molar-refractivity contribution in [1.82, 2.24) is 4.90 Å². The minimum Gasteiger partial charge on any atom is -0.507 e. The van der Waals surface area contributed by atoms with Gasteiger partial charge in [0.25, 0.3) is 11.7 Å². The second-order valence-electron chi connectivity index (χ2n) is 9.88. The number of Topliss-reactive ketones (excluding diaryl/α,β-unsaturated/α-hetero) is 1. The fourth-order valence-corrected chi connectivity index (χ4v) is 4.41. The zero-order valence-electron chi connectivity index (χ0n) is 21.2. The van der Waals surface area contributed by atoms with Crippen LogP contribution in [0.25, 0.3) is 5.76 Å². The third-order valence-electron chi connectivity index (χ3n) is 6.49. The van der Waals surface area contributed by atoms with Crippen LogP contribution >= 0.6 is 0 Å². The molecular weight excluding hydrogens is 454 g/mol. The predicted octanol–water partition coefficient (Wildman–Crippen LogP) is 5.62. The second kappa shape index (κ2) is 9.90. The van der Waals surface area contributed by atoms with Gasteiger partial charge in [-0.3, -0.25) is 9.59 Å². The van der Waals surface area contributed by atoms with Crippen molar-refractivity contribution < 1.29 is 24.2 Å². The van der Waals surface area contributed by atoms with Crippen LogP contribution in [0.5, 0.6) is 11.5 Å². The number of aliphatic hydroxyl groups is 1. The van der Waals surface area contributed by atoms with Gasteiger partial charge in [0.1, 0.15) is 17.3 Å². The highest BCUT2D eigenvalue weighted by Crippen LogP contribution is 2.41. The molecular formula is C30H31NO5. The summed E-state index contributed by atoms with van der Waals surface area (Å²) in [6.07, 6.45) is 0. The topological polar surface area (TPSA) is 76.1 Å². The quantitative estimate of drug-likeness (QED) is 0.278. The molecule has 4 rings (SSSR count). The van der Waals surface area contributed by atoms with E-state index in [1.807, 2.05) is 48.5 Å². The summed E-state index contributed by atoms with van der Waals surface area (Å²) in [6.45, 7) is 6.58. The maximum atomic E-state index is 13.3. The van der Waals surface area contributed by atoms with Gasteiger partial charge >= 0.3 is 0 Å². The average Bonchev–Trinajstić information content (AvgIpc) is 3.13. The molecule has 3 aromatic rings. The van der Waals surface area contributed by atoms with Crippen molar-refractivity contribution in [3.05, 3.63) is 101 Å². The lowest BCUT2D eigenvalue weighted by Gasteiger charge is -2.26. The second-order valence-corrected chi connectivity index (χ2v) is 9.88. The molecule has 0 aromatic heterocycles. The smallest absolute Gasteiger partial charge is 0.295 e. The van der Waals surface area contributed by atoms with Crippen LogP contribution in [0.2, 0.25) is 0 Å². The summed E-state index contributed by atoms with van der Waals surface area (Å²) in [4.78, 5) is 28.1. The first kappa shape index (κ1) is 25.0. The monoisotopic (exact) mass is 485 g/mol. The molecule has 0 spiro atoms. The number of carbonyl (C=O) groups is 2. The normalized spacial score (nSPS) is 17.4. The van der Waals surface area contributed by atoms with Gasteiger partial charge in [-0.15, -0.1) is 0 Å². The predicted molar refractivity (Wildman–Crippen MR) is 139 cm³/mol. The van der Waals surface area contributed by atoms with Gasteiger partial charge < -0.3 is 19.5 Å². The Labute approximate surface area is 211 Å². The number of rotatable bonds is 6. The summed E-state index contributed by atoms with van der Waals surface area (Å²) < 4.78 is 10.5. The Morgan fingerprint density at radius 3 is 2.11 bits per heavy atom. The van der Waals surface area contributed by atoms with Crippen LogP contribution in [-0.4, -0.2) is 35.9 Å². The number of carbonyl (C=O) groups excluding carboxylic acids is 2. The molecule has 186 valence electrons. The summed E-state index contributed by atoms with van der Waals surface area (Å²) >= 11 is 0. The number of benzene rings is 3. The number of nitrogens with zero attached hydrogens (tertiary/aromatic N) is 1. The summed E-state index contributed by atoms with van der Waals surface area (Å²) in [5.41, 5.74) is 3.14. The molecule has 36 heavy (non-hydrogen) atoms. The first-order valence-corrected chi connectivity index (χ1v) is 11.8. The summed E-state index contributed by atoms with van der Waals surface area (Å²) in [5, 5.41) is 11.3. The van der Waals surface area contributed by atoms with Gasteiger partial charge in [-0.25, -0.2) is 0 Å². The highest BCUT2D eigenvalue weighted by atomic mass is 16.5. The van der Waals surface area contributed by atoms with E-state index in [2.05, 4.69) is 20.8 Å². The molecule has 1 unspecified atom stereocenters. The maximum absolute atomic E-state index is 13.3. The van der Waals surface area contributed by atoms with Crippen LogP contribution in [-0.2, 0) is 21.5 Å². The van der Waals surface area contributed by atoms with Crippen molar-refractivity contribution in [2.24, 2.45) is 0 Å². The van der Waals surface area contributed by atoms with Crippen LogP contribution in [0.3, 0.4) is 0 Å². The highest BCUT2D eigenvalue weighted by Gasteiger charge is 2.46. The number of aliphatic hydroxyl groups excluding tert-OH is 1. The van der Waals surface area contributed by atoms with Crippen LogP contribution in [0, 0.1) is 0 Å². The summed E-state index contributed by atoms with van der Waals surface area (Å²) in [5.74, 6) is -0.353. The number of ketones is 1. The number of hydrogen-bond donors (Lipinski definition) is 1. The Morgan fingerprint density at radius 2 is 1.53 bits per heavy atom. The first-order valence-electron chi connectivity index (χ1n) is 11.8. The Kier molecular flexibility index (Phi) is 6.88. The molecule has 1 aliphatic heterocycles. The van der Waals surface area contributed by atoms with Crippen molar-refractivity contribution >= 4 is 17.4 Å². The van der Waals surface area contributed by atoms with E-state index >= 15 is 0 Å². The van der Waals surface area contributed by atoms with Gasteiger partial charge in [0.05, 0.1) is 25.8 Å². The minimum absolute atomic E-state index is 0.0516. The van der Waals surface area contributed by atoms with Gasteiger partial charge in [0, 0.05) is 12.1 Å². The Hall–Kier alpha value is -4.06. The standard InChI is InChI=1S/C30H31NO5/c1-30(2,3)22-13-11-20(12-14-22)26-25(27(32)21-7-6-8-24(17-21)36-5)28(33)29(34)31(26)18-19-9-15-23(35-4)16-10-19/h6-17,26,32H,18H2,1-5H3/b27-25-. The van der Waals surface area contributed by atoms with Crippen LogP contribution in [0.1, 0.15) is 49.1 Å². The lowest BCUT2D eigenvalue weighted by atomic mass is 9.85. The fourth-order valence-electron chi connectivity index (χ4n) is 4.41. The molecule has 1 fully saturated rings. The van der Waals surface area contributed by atoms with Gasteiger partial charge in [-0.05, 0) is 46.4 Å². The molecule has 6 nitrogen and oxygen atoms in total. The Morgan fingerprint density at radius 1 is 0.889 bits per heavy atom. The van der Waals surface area contributed by atoms with E-state index in [1.165, 1.54) is 12.0 Å². The lowest BCUT2D eigenvalue weighted by molar-refractivity contribution is -0.140. The number of likely N-dealkylation sites (tertiary alicyclic amines) is 1. The molecule has 6 heteroatoms.